The van der Waals surface area contributed by atoms with Gasteiger partial charge in [0.25, 0.3) is 0 Å². The lowest BCUT2D eigenvalue weighted by molar-refractivity contribution is 0.864. The van der Waals surface area contributed by atoms with E-state index in [-0.39, 0.29) is 0 Å². The fourth-order valence-electron chi connectivity index (χ4n) is 2.02. The zero-order valence-electron chi connectivity index (χ0n) is 10.6. The lowest BCUT2D eigenvalue weighted by Crippen LogP contribution is -2.01. The molecule has 0 radical (unpaired) electrons. The summed E-state index contributed by atoms with van der Waals surface area (Å²) in [6.45, 7) is 6.51. The number of aryl methyl sites for hydroxylation is 1. The Bertz CT molecular complexity index is 562. The molecule has 90 valence electrons. The molecule has 1 aromatic carbocycles. The van der Waals surface area contributed by atoms with Crippen LogP contribution in [0.1, 0.15) is 30.9 Å². The van der Waals surface area contributed by atoms with E-state index in [1.165, 1.54) is 16.5 Å². The van der Waals surface area contributed by atoms with Crippen LogP contribution in [-0.2, 0) is 0 Å². The average molecular weight is 293 g/mol. The molecule has 0 spiro atoms. The monoisotopic (exact) mass is 292 g/mol. The van der Waals surface area contributed by atoms with Crippen LogP contribution in [0.3, 0.4) is 0 Å². The quantitative estimate of drug-likeness (QED) is 0.883. The molecule has 0 unspecified atom stereocenters. The number of nitrogens with zero attached hydrogens (tertiary/aromatic N) is 1. The normalized spacial score (nSPS) is 11.2. The second-order valence-electron chi connectivity index (χ2n) is 4.59. The molecular weight excluding hydrogens is 276 g/mol. The third kappa shape index (κ3) is 2.16. The van der Waals surface area contributed by atoms with Crippen LogP contribution in [0.4, 0.5) is 5.82 Å². The van der Waals surface area contributed by atoms with E-state index in [1.54, 1.807) is 0 Å². The number of rotatable bonds is 2. The molecule has 2 aromatic rings. The number of pyridine rings is 1. The Morgan fingerprint density at radius 3 is 2.59 bits per heavy atom. The lowest BCUT2D eigenvalue weighted by atomic mass is 10.00. The van der Waals surface area contributed by atoms with Gasteiger partial charge in [-0.25, -0.2) is 4.98 Å². The Kier molecular flexibility index (Phi) is 3.38. The van der Waals surface area contributed by atoms with Crippen LogP contribution in [0.25, 0.3) is 10.9 Å². The lowest BCUT2D eigenvalue weighted by Gasteiger charge is -2.14. The van der Waals surface area contributed by atoms with Gasteiger partial charge in [0.1, 0.15) is 5.82 Å². The van der Waals surface area contributed by atoms with Gasteiger partial charge >= 0.3 is 0 Å². The first-order valence-corrected chi connectivity index (χ1v) is 6.61. The Hall–Kier alpha value is -1.09. The van der Waals surface area contributed by atoms with Crippen molar-refractivity contribution in [3.05, 3.63) is 33.8 Å². The van der Waals surface area contributed by atoms with Crippen molar-refractivity contribution in [2.75, 3.05) is 12.4 Å². The van der Waals surface area contributed by atoms with Crippen molar-refractivity contribution < 1.29 is 0 Å². The molecule has 0 amide bonds. The molecule has 0 atom stereocenters. The molecule has 2 nitrogen and oxygen atoms in total. The van der Waals surface area contributed by atoms with E-state index in [0.717, 1.165) is 15.8 Å². The number of aromatic nitrogens is 1. The first-order chi connectivity index (χ1) is 8.04. The summed E-state index contributed by atoms with van der Waals surface area (Å²) in [4.78, 5) is 4.72. The van der Waals surface area contributed by atoms with E-state index in [1.807, 2.05) is 7.05 Å². The van der Waals surface area contributed by atoms with Crippen molar-refractivity contribution >= 4 is 32.7 Å². The molecule has 0 fully saturated rings. The van der Waals surface area contributed by atoms with Gasteiger partial charge < -0.3 is 5.32 Å². The Morgan fingerprint density at radius 2 is 2.00 bits per heavy atom. The summed E-state index contributed by atoms with van der Waals surface area (Å²) in [6, 6.07) is 6.43. The van der Waals surface area contributed by atoms with Crippen LogP contribution in [0.5, 0.6) is 0 Å². The SMILES string of the molecule is CNc1nc2c(Br)ccc(C)c2cc1C(C)C. The zero-order chi connectivity index (χ0) is 12.6. The van der Waals surface area contributed by atoms with Crippen molar-refractivity contribution in [2.24, 2.45) is 0 Å². The van der Waals surface area contributed by atoms with Gasteiger partial charge in [0.15, 0.2) is 0 Å². The Morgan fingerprint density at radius 1 is 1.29 bits per heavy atom. The van der Waals surface area contributed by atoms with Crippen molar-refractivity contribution in [2.45, 2.75) is 26.7 Å². The van der Waals surface area contributed by atoms with Gasteiger partial charge in [-0.1, -0.05) is 19.9 Å². The molecule has 0 saturated heterocycles. The fourth-order valence-corrected chi connectivity index (χ4v) is 2.45. The molecule has 0 saturated carbocycles. The van der Waals surface area contributed by atoms with Crippen molar-refractivity contribution in [1.29, 1.82) is 0 Å². The predicted molar refractivity (Wildman–Crippen MR) is 77.8 cm³/mol. The summed E-state index contributed by atoms with van der Waals surface area (Å²) < 4.78 is 1.05. The highest BCUT2D eigenvalue weighted by atomic mass is 79.9. The van der Waals surface area contributed by atoms with E-state index in [4.69, 9.17) is 4.98 Å². The van der Waals surface area contributed by atoms with Crippen LogP contribution in [0.2, 0.25) is 0 Å². The van der Waals surface area contributed by atoms with Crippen LogP contribution in [0, 0.1) is 6.92 Å². The van der Waals surface area contributed by atoms with Crippen LogP contribution in [0.15, 0.2) is 22.7 Å². The highest BCUT2D eigenvalue weighted by Gasteiger charge is 2.11. The highest BCUT2D eigenvalue weighted by Crippen LogP contribution is 2.31. The largest absolute Gasteiger partial charge is 0.373 e. The third-order valence-electron chi connectivity index (χ3n) is 3.04. The number of nitrogens with one attached hydrogen (secondary N) is 1. The van der Waals surface area contributed by atoms with Gasteiger partial charge in [-0.3, -0.25) is 0 Å². The summed E-state index contributed by atoms with van der Waals surface area (Å²) in [6.07, 6.45) is 0. The van der Waals surface area contributed by atoms with E-state index in [9.17, 15) is 0 Å². The molecule has 17 heavy (non-hydrogen) atoms. The zero-order valence-corrected chi connectivity index (χ0v) is 12.2. The maximum absolute atomic E-state index is 4.72. The molecule has 0 aliphatic heterocycles. The van der Waals surface area contributed by atoms with Crippen molar-refractivity contribution in [3.63, 3.8) is 0 Å². The van der Waals surface area contributed by atoms with Gasteiger partial charge in [-0.15, -0.1) is 0 Å². The molecule has 1 N–H and O–H groups in total. The molecule has 3 heteroatoms. The number of anilines is 1. The number of hydrogen-bond donors (Lipinski definition) is 1. The number of halogens is 1. The minimum atomic E-state index is 0.465. The fraction of sp³-hybridized carbons (Fsp3) is 0.357. The average Bonchev–Trinajstić information content (AvgIpc) is 2.32. The van der Waals surface area contributed by atoms with Crippen LogP contribution in [-0.4, -0.2) is 12.0 Å². The minimum absolute atomic E-state index is 0.465. The standard InChI is InChI=1S/C14H17BrN2/c1-8(2)10-7-11-9(3)5-6-12(15)13(11)17-14(10)16-4/h5-8H,1-4H3,(H,16,17). The second-order valence-corrected chi connectivity index (χ2v) is 5.45. The third-order valence-corrected chi connectivity index (χ3v) is 3.68. The second kappa shape index (κ2) is 4.65. The molecule has 0 bridgehead atoms. The first-order valence-electron chi connectivity index (χ1n) is 5.82. The summed E-state index contributed by atoms with van der Waals surface area (Å²) in [5.41, 5.74) is 3.56. The summed E-state index contributed by atoms with van der Waals surface area (Å²) in [5, 5.41) is 4.41. The van der Waals surface area contributed by atoms with Gasteiger partial charge in [0, 0.05) is 16.9 Å². The molecule has 2 rings (SSSR count). The van der Waals surface area contributed by atoms with E-state index in [0.29, 0.717) is 5.92 Å². The molecular formula is C14H17BrN2. The number of hydrogen-bond acceptors (Lipinski definition) is 2. The van der Waals surface area contributed by atoms with Crippen LogP contribution >= 0.6 is 15.9 Å². The minimum Gasteiger partial charge on any atom is -0.373 e. The Labute approximate surface area is 111 Å². The van der Waals surface area contributed by atoms with E-state index in [2.05, 4.69) is 60.2 Å². The predicted octanol–water partition coefficient (Wildman–Crippen LogP) is 4.47. The summed E-state index contributed by atoms with van der Waals surface area (Å²) >= 11 is 3.57. The van der Waals surface area contributed by atoms with Crippen molar-refractivity contribution in [1.82, 2.24) is 4.98 Å². The first kappa shape index (κ1) is 12.4. The Balaban J connectivity index is 2.83. The highest BCUT2D eigenvalue weighted by molar-refractivity contribution is 9.10. The topological polar surface area (TPSA) is 24.9 Å². The summed E-state index contributed by atoms with van der Waals surface area (Å²) in [5.74, 6) is 1.44. The number of benzene rings is 1. The summed E-state index contributed by atoms with van der Waals surface area (Å²) in [7, 11) is 1.92. The smallest absolute Gasteiger partial charge is 0.129 e. The van der Waals surface area contributed by atoms with Crippen LogP contribution < -0.4 is 5.32 Å². The van der Waals surface area contributed by atoms with E-state index < -0.39 is 0 Å². The number of fused-ring (bicyclic) bond motifs is 1. The van der Waals surface area contributed by atoms with E-state index >= 15 is 0 Å². The van der Waals surface area contributed by atoms with Gasteiger partial charge in [-0.2, -0.15) is 0 Å². The molecule has 1 aromatic heterocycles. The van der Waals surface area contributed by atoms with Gasteiger partial charge in [0.2, 0.25) is 0 Å². The van der Waals surface area contributed by atoms with Crippen molar-refractivity contribution in [3.8, 4) is 0 Å². The van der Waals surface area contributed by atoms with Gasteiger partial charge in [-0.05, 0) is 52.0 Å². The maximum Gasteiger partial charge on any atom is 0.129 e. The molecule has 0 aliphatic carbocycles. The molecule has 0 aliphatic rings. The maximum atomic E-state index is 4.72. The van der Waals surface area contributed by atoms with Gasteiger partial charge in [0.05, 0.1) is 5.52 Å². The molecule has 1 heterocycles.